The van der Waals surface area contributed by atoms with Crippen LogP contribution in [0.15, 0.2) is 133 Å². The van der Waals surface area contributed by atoms with Gasteiger partial charge in [0.15, 0.2) is 0 Å². The highest BCUT2D eigenvalue weighted by Gasteiger charge is 2.39. The van der Waals surface area contributed by atoms with Gasteiger partial charge in [-0.2, -0.15) is 10.2 Å². The lowest BCUT2D eigenvalue weighted by Crippen LogP contribution is -2.54. The summed E-state index contributed by atoms with van der Waals surface area (Å²) in [5, 5.41) is 25.3. The monoisotopic (exact) mass is 954 g/mol. The molecule has 2 aliphatic heterocycles. The van der Waals surface area contributed by atoms with Crippen molar-refractivity contribution in [3.05, 3.63) is 156 Å². The molecule has 0 bridgehead atoms. The molecule has 4 aromatic carbocycles. The summed E-state index contributed by atoms with van der Waals surface area (Å²) in [6, 6.07) is 41.4. The lowest BCUT2D eigenvalue weighted by atomic mass is 9.98. The molecule has 0 saturated carbocycles. The normalized spacial score (nSPS) is 16.5. The van der Waals surface area contributed by atoms with Crippen LogP contribution < -0.4 is 10.6 Å². The molecule has 16 heteroatoms. The first-order valence-electron chi connectivity index (χ1n) is 23.1. The first-order chi connectivity index (χ1) is 32.9. The summed E-state index contributed by atoms with van der Waals surface area (Å²) in [7, 11) is 2.57. The molecule has 4 atom stereocenters. The van der Waals surface area contributed by atoms with Crippen molar-refractivity contribution >= 4 is 45.6 Å². The van der Waals surface area contributed by atoms with Gasteiger partial charge in [0.05, 0.1) is 47.9 Å². The van der Waals surface area contributed by atoms with Crippen molar-refractivity contribution < 1.29 is 29.0 Å². The molecule has 0 fully saturated rings. The summed E-state index contributed by atoms with van der Waals surface area (Å²) < 4.78 is 9.61. The number of amides is 4. The lowest BCUT2D eigenvalue weighted by molar-refractivity contribution is -0.137. The van der Waals surface area contributed by atoms with Crippen molar-refractivity contribution in [2.45, 2.75) is 89.3 Å². The smallest absolute Gasteiger partial charge is 0.408 e. The van der Waals surface area contributed by atoms with Gasteiger partial charge in [-0.15, -0.1) is 0 Å². The molecule has 8 rings (SSSR count). The van der Waals surface area contributed by atoms with Gasteiger partial charge in [0.2, 0.25) is 11.8 Å². The van der Waals surface area contributed by atoms with E-state index >= 15 is 0 Å². The zero-order valence-corrected chi connectivity index (χ0v) is 40.2. The number of rotatable bonds is 17. The number of carbonyl (C=O) groups excluding carboxylic acids is 3. The maximum absolute atomic E-state index is 14.9. The highest BCUT2D eigenvalue weighted by Crippen LogP contribution is 2.36. The van der Waals surface area contributed by atoms with Gasteiger partial charge in [0.25, 0.3) is 0 Å². The van der Waals surface area contributed by atoms with Crippen LogP contribution in [-0.2, 0) is 40.3 Å². The third-order valence-corrected chi connectivity index (χ3v) is 14.5. The van der Waals surface area contributed by atoms with E-state index in [1.54, 1.807) is 25.7 Å². The summed E-state index contributed by atoms with van der Waals surface area (Å²) in [6.07, 6.45) is 0.598. The number of carboxylic acid groups (broad SMARTS) is 1. The van der Waals surface area contributed by atoms with Crippen LogP contribution in [0.3, 0.4) is 0 Å². The number of fused-ring (bicyclic) bond motifs is 2. The highest BCUT2D eigenvalue weighted by atomic mass is 33.1. The van der Waals surface area contributed by atoms with E-state index in [0.29, 0.717) is 51.9 Å². The maximum atomic E-state index is 14.9. The quantitative estimate of drug-likeness (QED) is 0.0594. The number of alkyl carbamates (subject to hydrolysis) is 1. The standard InChI is InChI=1S/C52H58N8O6S2/c1-52(2,3)66-51(65)54-43(49(62)58-29-31-60-47(33-41(56-60)39-22-14-7-15-23-39)45(58)27-25-37-18-10-5-11-19-37)35-68-67-34-42(53-50(63)64)48(61)57-28-30-59-46(32-40(55-59)38-20-12-6-13-21-38)44(57)26-24-36-16-8-4-9-17-36/h4-23,32-33,42-45,53H,24-31,34-35H2,1-3H3,(H,54,65)(H,63,64)/t42-,43-,44?,45?/m0/s1. The Morgan fingerprint density at radius 1 is 0.618 bits per heavy atom. The van der Waals surface area contributed by atoms with Gasteiger partial charge in [-0.1, -0.05) is 143 Å². The predicted octanol–water partition coefficient (Wildman–Crippen LogP) is 9.06. The molecule has 0 radical (unpaired) electrons. The van der Waals surface area contributed by atoms with E-state index in [-0.39, 0.29) is 35.4 Å². The van der Waals surface area contributed by atoms with Crippen molar-refractivity contribution in [3.8, 4) is 22.5 Å². The molecule has 68 heavy (non-hydrogen) atoms. The summed E-state index contributed by atoms with van der Waals surface area (Å²) >= 11 is 0. The maximum Gasteiger partial charge on any atom is 0.408 e. The minimum Gasteiger partial charge on any atom is -0.465 e. The fourth-order valence-corrected chi connectivity index (χ4v) is 11.2. The number of hydrogen-bond acceptors (Lipinski definition) is 9. The molecule has 0 aliphatic carbocycles. The Morgan fingerprint density at radius 2 is 1.01 bits per heavy atom. The molecule has 354 valence electrons. The van der Waals surface area contributed by atoms with Crippen LogP contribution in [-0.4, -0.2) is 101 Å². The van der Waals surface area contributed by atoms with Gasteiger partial charge < -0.3 is 30.3 Å². The molecule has 3 N–H and O–H groups in total. The molecular formula is C52H58N8O6S2. The summed E-state index contributed by atoms with van der Waals surface area (Å²) in [6.45, 7) is 6.94. The molecule has 4 heterocycles. The zero-order valence-electron chi connectivity index (χ0n) is 38.6. The van der Waals surface area contributed by atoms with Gasteiger partial charge in [-0.3, -0.25) is 19.0 Å². The van der Waals surface area contributed by atoms with Crippen LogP contribution in [0.25, 0.3) is 22.5 Å². The minimum atomic E-state index is -1.32. The first kappa shape index (κ1) is 48.0. The number of aromatic nitrogens is 4. The Labute approximate surface area is 405 Å². The number of ether oxygens (including phenoxy) is 1. The number of hydrogen-bond donors (Lipinski definition) is 3. The second kappa shape index (κ2) is 22.1. The zero-order chi connectivity index (χ0) is 47.6. The number of aryl methyl sites for hydroxylation is 2. The fourth-order valence-electron chi connectivity index (χ4n) is 8.91. The number of carbonyl (C=O) groups is 4. The van der Waals surface area contributed by atoms with Crippen LogP contribution in [0.4, 0.5) is 9.59 Å². The predicted molar refractivity (Wildman–Crippen MR) is 267 cm³/mol. The molecule has 6 aromatic rings. The SMILES string of the molecule is CC(C)(C)OC(=O)N[C@@H](CSSC[C@H](NC(=O)O)C(=O)N1CCn2nc(-c3ccccc3)cc2C1CCc1ccccc1)C(=O)N1CCn2nc(-c3ccccc3)cc2C1CCc1ccccc1. The van der Waals surface area contributed by atoms with E-state index in [1.807, 2.05) is 117 Å². The Kier molecular flexibility index (Phi) is 15.6. The Morgan fingerprint density at radius 3 is 1.41 bits per heavy atom. The van der Waals surface area contributed by atoms with Crippen LogP contribution in [0.5, 0.6) is 0 Å². The van der Waals surface area contributed by atoms with Crippen LogP contribution in [0, 0.1) is 0 Å². The highest BCUT2D eigenvalue weighted by molar-refractivity contribution is 8.76. The van der Waals surface area contributed by atoms with E-state index in [1.165, 1.54) is 21.6 Å². The van der Waals surface area contributed by atoms with Crippen molar-refractivity contribution in [1.29, 1.82) is 0 Å². The Balaban J connectivity index is 1.00. The van der Waals surface area contributed by atoms with Crippen molar-refractivity contribution in [2.75, 3.05) is 24.6 Å². The average molecular weight is 955 g/mol. The minimum absolute atomic E-state index is 0.0739. The van der Waals surface area contributed by atoms with Crippen molar-refractivity contribution in [1.82, 2.24) is 40.0 Å². The lowest BCUT2D eigenvalue weighted by Gasteiger charge is -2.38. The fraction of sp³-hybridized carbons (Fsp3) is 0.346. The van der Waals surface area contributed by atoms with Crippen LogP contribution in [0.2, 0.25) is 0 Å². The van der Waals surface area contributed by atoms with Gasteiger partial charge >= 0.3 is 12.2 Å². The van der Waals surface area contributed by atoms with Gasteiger partial charge in [-0.25, -0.2) is 9.59 Å². The molecule has 14 nitrogen and oxygen atoms in total. The van der Waals surface area contributed by atoms with E-state index in [4.69, 9.17) is 14.9 Å². The second-order valence-corrected chi connectivity index (χ2v) is 20.6. The molecular weight excluding hydrogens is 897 g/mol. The largest absolute Gasteiger partial charge is 0.465 e. The van der Waals surface area contributed by atoms with E-state index < -0.39 is 29.9 Å². The average Bonchev–Trinajstić information content (AvgIpc) is 3.99. The van der Waals surface area contributed by atoms with E-state index in [0.717, 1.165) is 45.0 Å². The second-order valence-electron chi connectivity index (χ2n) is 18.0. The summed E-state index contributed by atoms with van der Waals surface area (Å²) in [5.74, 6) is -0.413. The Bertz CT molecular complexity index is 2640. The molecule has 4 amide bonds. The van der Waals surface area contributed by atoms with Crippen LogP contribution in [0.1, 0.15) is 68.2 Å². The number of nitrogens with zero attached hydrogens (tertiary/aromatic N) is 6. The van der Waals surface area contributed by atoms with Gasteiger partial charge in [0, 0.05) is 35.7 Å². The first-order valence-corrected chi connectivity index (χ1v) is 25.6. The summed E-state index contributed by atoms with van der Waals surface area (Å²) in [5.41, 5.74) is 6.85. The molecule has 0 spiro atoms. The molecule has 2 aliphatic rings. The van der Waals surface area contributed by atoms with E-state index in [9.17, 15) is 24.3 Å². The molecule has 2 unspecified atom stereocenters. The van der Waals surface area contributed by atoms with E-state index in [2.05, 4.69) is 41.0 Å². The third-order valence-electron chi connectivity index (χ3n) is 12.1. The topological polar surface area (TPSA) is 164 Å². The number of benzene rings is 4. The number of nitrogens with one attached hydrogen (secondary N) is 2. The van der Waals surface area contributed by atoms with Crippen molar-refractivity contribution in [2.24, 2.45) is 0 Å². The van der Waals surface area contributed by atoms with Crippen LogP contribution >= 0.6 is 21.6 Å². The molecule has 0 saturated heterocycles. The Hall–Kier alpha value is -6.52. The summed E-state index contributed by atoms with van der Waals surface area (Å²) in [4.78, 5) is 58.9. The van der Waals surface area contributed by atoms with Gasteiger partial charge in [0.1, 0.15) is 17.7 Å². The third kappa shape index (κ3) is 12.1. The van der Waals surface area contributed by atoms with Crippen molar-refractivity contribution in [3.63, 3.8) is 0 Å². The molecule has 2 aromatic heterocycles. The van der Waals surface area contributed by atoms with Gasteiger partial charge in [-0.05, 0) is 69.7 Å².